The normalized spacial score (nSPS) is 19.4. The molecule has 1 aliphatic heterocycles. The smallest absolute Gasteiger partial charge is 0.0424 e. The highest BCUT2D eigenvalue weighted by atomic mass is 35.5. The molecule has 2 rings (SSSR count). The number of hydrogen-bond acceptors (Lipinski definition) is 2. The number of halogens is 2. The molecule has 19 heavy (non-hydrogen) atoms. The maximum Gasteiger partial charge on any atom is 0.0424 e. The van der Waals surface area contributed by atoms with Gasteiger partial charge in [-0.25, -0.2) is 0 Å². The van der Waals surface area contributed by atoms with Crippen molar-refractivity contribution in [2.75, 3.05) is 26.2 Å². The summed E-state index contributed by atoms with van der Waals surface area (Å²) >= 11 is 12.3. The number of benzene rings is 1. The Labute approximate surface area is 126 Å². The zero-order valence-electron chi connectivity index (χ0n) is 11.8. The van der Waals surface area contributed by atoms with Gasteiger partial charge in [0.05, 0.1) is 0 Å². The van der Waals surface area contributed by atoms with Gasteiger partial charge in [0.1, 0.15) is 0 Å². The number of hydrogen-bond donors (Lipinski definition) is 1. The molecule has 1 fully saturated rings. The van der Waals surface area contributed by atoms with Gasteiger partial charge in [-0.05, 0) is 29.2 Å². The summed E-state index contributed by atoms with van der Waals surface area (Å²) in [6.45, 7) is 11.0. The van der Waals surface area contributed by atoms with Crippen LogP contribution in [0.1, 0.15) is 32.4 Å². The van der Waals surface area contributed by atoms with Crippen LogP contribution in [0.15, 0.2) is 18.2 Å². The van der Waals surface area contributed by atoms with Crippen LogP contribution in [0.4, 0.5) is 0 Å². The predicted molar refractivity (Wildman–Crippen MR) is 83.1 cm³/mol. The highest BCUT2D eigenvalue weighted by Crippen LogP contribution is 2.39. The fourth-order valence-corrected chi connectivity index (χ4v) is 3.47. The van der Waals surface area contributed by atoms with Crippen LogP contribution in [0.2, 0.25) is 10.0 Å². The Balaban J connectivity index is 2.36. The third kappa shape index (κ3) is 3.85. The monoisotopic (exact) mass is 300 g/mol. The van der Waals surface area contributed by atoms with Crippen LogP contribution >= 0.6 is 23.2 Å². The first kappa shape index (κ1) is 15.1. The van der Waals surface area contributed by atoms with Crippen LogP contribution in [0.25, 0.3) is 0 Å². The molecule has 0 amide bonds. The van der Waals surface area contributed by atoms with Gasteiger partial charge < -0.3 is 5.32 Å². The molecule has 1 aliphatic rings. The van der Waals surface area contributed by atoms with Gasteiger partial charge in [0.25, 0.3) is 0 Å². The molecule has 0 spiro atoms. The molecule has 0 aromatic heterocycles. The Morgan fingerprint density at radius 1 is 1.05 bits per heavy atom. The molecule has 1 atom stereocenters. The van der Waals surface area contributed by atoms with Crippen LogP contribution in [0.3, 0.4) is 0 Å². The molecule has 1 saturated heterocycles. The van der Waals surface area contributed by atoms with Crippen LogP contribution in [0, 0.1) is 5.41 Å². The summed E-state index contributed by atoms with van der Waals surface area (Å²) in [5.41, 5.74) is 1.36. The van der Waals surface area contributed by atoms with E-state index < -0.39 is 0 Å². The van der Waals surface area contributed by atoms with E-state index in [1.54, 1.807) is 6.07 Å². The molecule has 1 heterocycles. The first-order chi connectivity index (χ1) is 8.88. The molecule has 106 valence electrons. The lowest BCUT2D eigenvalue weighted by Crippen LogP contribution is -2.48. The largest absolute Gasteiger partial charge is 0.314 e. The highest BCUT2D eigenvalue weighted by molar-refractivity contribution is 6.34. The summed E-state index contributed by atoms with van der Waals surface area (Å²) in [6, 6.07) is 6.23. The zero-order valence-corrected chi connectivity index (χ0v) is 13.4. The van der Waals surface area contributed by atoms with E-state index in [1.165, 1.54) is 5.56 Å². The Bertz CT molecular complexity index is 414. The quantitative estimate of drug-likeness (QED) is 0.888. The summed E-state index contributed by atoms with van der Waals surface area (Å²) in [6.07, 6.45) is 0. The SMILES string of the molecule is CC(C)(C)[C@H](c1cc(Cl)cc(Cl)c1)N1CCNCC1. The average molecular weight is 301 g/mol. The minimum Gasteiger partial charge on any atom is -0.314 e. The zero-order chi connectivity index (χ0) is 14.0. The summed E-state index contributed by atoms with van der Waals surface area (Å²) in [5, 5.41) is 4.83. The lowest BCUT2D eigenvalue weighted by molar-refractivity contribution is 0.0862. The topological polar surface area (TPSA) is 15.3 Å². The van der Waals surface area contributed by atoms with Crippen molar-refractivity contribution in [1.29, 1.82) is 0 Å². The second-order valence-electron chi connectivity index (χ2n) is 6.26. The van der Waals surface area contributed by atoms with E-state index in [9.17, 15) is 0 Å². The third-order valence-corrected chi connectivity index (χ3v) is 3.97. The molecule has 0 bridgehead atoms. The Kier molecular flexibility index (Phi) is 4.78. The van der Waals surface area contributed by atoms with E-state index in [-0.39, 0.29) is 5.41 Å². The number of nitrogens with one attached hydrogen (secondary N) is 1. The molecular formula is C15H22Cl2N2. The van der Waals surface area contributed by atoms with Crippen molar-refractivity contribution in [2.24, 2.45) is 5.41 Å². The maximum atomic E-state index is 6.17. The predicted octanol–water partition coefficient (Wildman–Crippen LogP) is 3.99. The van der Waals surface area contributed by atoms with E-state index in [2.05, 4.69) is 31.0 Å². The second kappa shape index (κ2) is 6.01. The van der Waals surface area contributed by atoms with E-state index >= 15 is 0 Å². The molecular weight excluding hydrogens is 279 g/mol. The van der Waals surface area contributed by atoms with Gasteiger partial charge >= 0.3 is 0 Å². The molecule has 0 saturated carbocycles. The number of nitrogens with zero attached hydrogens (tertiary/aromatic N) is 1. The van der Waals surface area contributed by atoms with Crippen molar-refractivity contribution in [3.8, 4) is 0 Å². The molecule has 1 N–H and O–H groups in total. The molecule has 1 aromatic rings. The van der Waals surface area contributed by atoms with Gasteiger partial charge in [0.2, 0.25) is 0 Å². The van der Waals surface area contributed by atoms with E-state index in [4.69, 9.17) is 23.2 Å². The maximum absolute atomic E-state index is 6.17. The molecule has 0 aliphatic carbocycles. The van der Waals surface area contributed by atoms with Crippen molar-refractivity contribution in [3.05, 3.63) is 33.8 Å². The Hall–Kier alpha value is -0.280. The van der Waals surface area contributed by atoms with Gasteiger partial charge in [0, 0.05) is 42.3 Å². The van der Waals surface area contributed by atoms with Crippen LogP contribution in [-0.2, 0) is 0 Å². The van der Waals surface area contributed by atoms with Gasteiger partial charge in [-0.2, -0.15) is 0 Å². The molecule has 2 nitrogen and oxygen atoms in total. The van der Waals surface area contributed by atoms with Gasteiger partial charge in [-0.3, -0.25) is 4.90 Å². The van der Waals surface area contributed by atoms with Gasteiger partial charge in [0.15, 0.2) is 0 Å². The summed E-state index contributed by atoms with van der Waals surface area (Å²) < 4.78 is 0. The molecule has 0 unspecified atom stereocenters. The van der Waals surface area contributed by atoms with Gasteiger partial charge in [-0.1, -0.05) is 44.0 Å². The summed E-state index contributed by atoms with van der Waals surface area (Å²) in [5.74, 6) is 0. The van der Waals surface area contributed by atoms with Crippen molar-refractivity contribution in [3.63, 3.8) is 0 Å². The Morgan fingerprint density at radius 2 is 1.58 bits per heavy atom. The van der Waals surface area contributed by atoms with Crippen LogP contribution < -0.4 is 5.32 Å². The fourth-order valence-electron chi connectivity index (χ4n) is 2.93. The minimum atomic E-state index is 0.144. The van der Waals surface area contributed by atoms with Crippen LogP contribution in [-0.4, -0.2) is 31.1 Å². The van der Waals surface area contributed by atoms with E-state index in [0.29, 0.717) is 16.1 Å². The standard InChI is InChI=1S/C15H22Cl2N2/c1-15(2,3)14(19-6-4-18-5-7-19)11-8-12(16)10-13(17)9-11/h8-10,14,18H,4-7H2,1-3H3/t14-/m0/s1. The molecule has 4 heteroatoms. The molecule has 0 radical (unpaired) electrons. The van der Waals surface area contributed by atoms with Crippen molar-refractivity contribution < 1.29 is 0 Å². The van der Waals surface area contributed by atoms with E-state index in [0.717, 1.165) is 26.2 Å². The van der Waals surface area contributed by atoms with E-state index in [1.807, 2.05) is 12.1 Å². The lowest BCUT2D eigenvalue weighted by Gasteiger charge is -2.42. The first-order valence-corrected chi connectivity index (χ1v) is 7.54. The summed E-state index contributed by atoms with van der Waals surface area (Å²) in [7, 11) is 0. The molecule has 1 aromatic carbocycles. The fraction of sp³-hybridized carbons (Fsp3) is 0.600. The minimum absolute atomic E-state index is 0.144. The van der Waals surface area contributed by atoms with Crippen molar-refractivity contribution >= 4 is 23.2 Å². The number of piperazine rings is 1. The van der Waals surface area contributed by atoms with Crippen molar-refractivity contribution in [2.45, 2.75) is 26.8 Å². The first-order valence-electron chi connectivity index (χ1n) is 6.79. The second-order valence-corrected chi connectivity index (χ2v) is 7.13. The average Bonchev–Trinajstić information content (AvgIpc) is 2.27. The third-order valence-electron chi connectivity index (χ3n) is 3.54. The Morgan fingerprint density at radius 3 is 2.05 bits per heavy atom. The highest BCUT2D eigenvalue weighted by Gasteiger charge is 2.32. The number of rotatable bonds is 2. The summed E-state index contributed by atoms with van der Waals surface area (Å²) in [4.78, 5) is 2.53. The van der Waals surface area contributed by atoms with Gasteiger partial charge in [-0.15, -0.1) is 0 Å². The van der Waals surface area contributed by atoms with Crippen molar-refractivity contribution in [1.82, 2.24) is 10.2 Å². The lowest BCUT2D eigenvalue weighted by atomic mass is 9.81. The van der Waals surface area contributed by atoms with Crippen LogP contribution in [0.5, 0.6) is 0 Å².